The van der Waals surface area contributed by atoms with E-state index < -0.39 is 0 Å². The smallest absolute Gasteiger partial charge is 0.255 e. The summed E-state index contributed by atoms with van der Waals surface area (Å²) in [6.07, 6.45) is 2.00. The highest BCUT2D eigenvalue weighted by molar-refractivity contribution is 6.31. The number of ether oxygens (including phenoxy) is 2. The summed E-state index contributed by atoms with van der Waals surface area (Å²) in [5.41, 5.74) is 2.19. The van der Waals surface area contributed by atoms with Gasteiger partial charge in [0.05, 0.1) is 17.4 Å². The second kappa shape index (κ2) is 11.0. The van der Waals surface area contributed by atoms with E-state index >= 15 is 0 Å². The molecule has 7 heteroatoms. The Kier molecular flexibility index (Phi) is 7.60. The fourth-order valence-electron chi connectivity index (χ4n) is 3.57. The number of para-hydroxylation sites is 1. The SMILES string of the molecule is O=C(Nc1ccccc1C(=O)NC[C@@H]1CCCO1)c1ccc(OCc2ccccc2Cl)cc1. The highest BCUT2D eigenvalue weighted by atomic mass is 35.5. The molecule has 0 bridgehead atoms. The summed E-state index contributed by atoms with van der Waals surface area (Å²) in [4.78, 5) is 25.4. The Morgan fingerprint density at radius 3 is 2.48 bits per heavy atom. The molecule has 2 amide bonds. The Balaban J connectivity index is 1.36. The van der Waals surface area contributed by atoms with Gasteiger partial charge in [0.25, 0.3) is 11.8 Å². The summed E-state index contributed by atoms with van der Waals surface area (Å²) in [6, 6.07) is 21.2. The van der Waals surface area contributed by atoms with Gasteiger partial charge in [0.15, 0.2) is 0 Å². The monoisotopic (exact) mass is 464 g/mol. The van der Waals surface area contributed by atoms with E-state index in [0.29, 0.717) is 40.7 Å². The van der Waals surface area contributed by atoms with Gasteiger partial charge in [-0.1, -0.05) is 41.9 Å². The minimum absolute atomic E-state index is 0.0503. The van der Waals surface area contributed by atoms with Gasteiger partial charge in [-0.15, -0.1) is 0 Å². The fourth-order valence-corrected chi connectivity index (χ4v) is 3.76. The Hall–Kier alpha value is -3.35. The first-order valence-corrected chi connectivity index (χ1v) is 11.2. The molecule has 33 heavy (non-hydrogen) atoms. The number of carbonyl (C=O) groups excluding carboxylic acids is 2. The number of halogens is 1. The molecule has 1 atom stereocenters. The molecule has 3 aromatic rings. The third-order valence-corrected chi connectivity index (χ3v) is 5.77. The van der Waals surface area contributed by atoms with Gasteiger partial charge in [0.1, 0.15) is 12.4 Å². The minimum atomic E-state index is -0.313. The molecule has 2 N–H and O–H groups in total. The lowest BCUT2D eigenvalue weighted by Gasteiger charge is -2.14. The van der Waals surface area contributed by atoms with Crippen molar-refractivity contribution in [1.29, 1.82) is 0 Å². The van der Waals surface area contributed by atoms with Gasteiger partial charge in [0.2, 0.25) is 0 Å². The average Bonchev–Trinajstić information content (AvgIpc) is 3.36. The molecule has 0 unspecified atom stereocenters. The third-order valence-electron chi connectivity index (χ3n) is 5.40. The topological polar surface area (TPSA) is 76.7 Å². The van der Waals surface area contributed by atoms with Gasteiger partial charge < -0.3 is 20.1 Å². The molecule has 4 rings (SSSR count). The predicted molar refractivity (Wildman–Crippen MR) is 128 cm³/mol. The van der Waals surface area contributed by atoms with Crippen LogP contribution in [0.5, 0.6) is 5.75 Å². The number of hydrogen-bond donors (Lipinski definition) is 2. The molecule has 1 aliphatic heterocycles. The van der Waals surface area contributed by atoms with E-state index in [1.54, 1.807) is 48.5 Å². The molecule has 170 valence electrons. The van der Waals surface area contributed by atoms with Crippen LogP contribution in [0.4, 0.5) is 5.69 Å². The first kappa shape index (κ1) is 22.8. The second-order valence-electron chi connectivity index (χ2n) is 7.75. The third kappa shape index (κ3) is 6.12. The molecule has 0 spiro atoms. The van der Waals surface area contributed by atoms with E-state index in [1.807, 2.05) is 24.3 Å². The molecule has 0 saturated carbocycles. The van der Waals surface area contributed by atoms with E-state index in [2.05, 4.69) is 10.6 Å². The molecule has 1 saturated heterocycles. The molecular formula is C26H25ClN2O4. The largest absolute Gasteiger partial charge is 0.489 e. The number of nitrogens with one attached hydrogen (secondary N) is 2. The zero-order chi connectivity index (χ0) is 23.0. The van der Waals surface area contributed by atoms with Crippen molar-refractivity contribution in [2.45, 2.75) is 25.6 Å². The van der Waals surface area contributed by atoms with Gasteiger partial charge in [-0.05, 0) is 55.3 Å². The highest BCUT2D eigenvalue weighted by Crippen LogP contribution is 2.21. The van der Waals surface area contributed by atoms with E-state index in [0.717, 1.165) is 25.0 Å². The van der Waals surface area contributed by atoms with Crippen LogP contribution in [0.15, 0.2) is 72.8 Å². The zero-order valence-corrected chi connectivity index (χ0v) is 18.8. The van der Waals surface area contributed by atoms with E-state index in [1.165, 1.54) is 0 Å². The van der Waals surface area contributed by atoms with Crippen molar-refractivity contribution in [3.05, 3.63) is 94.5 Å². The molecule has 0 aromatic heterocycles. The lowest BCUT2D eigenvalue weighted by Crippen LogP contribution is -2.32. The van der Waals surface area contributed by atoms with Crippen LogP contribution < -0.4 is 15.4 Å². The molecule has 1 fully saturated rings. The summed E-state index contributed by atoms with van der Waals surface area (Å²) in [5, 5.41) is 6.37. The van der Waals surface area contributed by atoms with Gasteiger partial charge in [0, 0.05) is 29.3 Å². The summed E-state index contributed by atoms with van der Waals surface area (Å²) in [5.74, 6) is 0.0668. The number of benzene rings is 3. The maximum atomic E-state index is 12.8. The number of carbonyl (C=O) groups is 2. The second-order valence-corrected chi connectivity index (χ2v) is 8.16. The first-order valence-electron chi connectivity index (χ1n) is 10.9. The highest BCUT2D eigenvalue weighted by Gasteiger charge is 2.18. The summed E-state index contributed by atoms with van der Waals surface area (Å²) in [6.45, 7) is 1.52. The van der Waals surface area contributed by atoms with Crippen LogP contribution in [0.1, 0.15) is 39.1 Å². The van der Waals surface area contributed by atoms with Crippen molar-refractivity contribution in [3.63, 3.8) is 0 Å². The Bertz CT molecular complexity index is 1110. The molecular weight excluding hydrogens is 440 g/mol. The van der Waals surface area contributed by atoms with E-state index in [-0.39, 0.29) is 17.9 Å². The molecule has 6 nitrogen and oxygen atoms in total. The number of anilines is 1. The van der Waals surface area contributed by atoms with Crippen LogP contribution in [0.25, 0.3) is 0 Å². The molecule has 0 radical (unpaired) electrons. The summed E-state index contributed by atoms with van der Waals surface area (Å²) in [7, 11) is 0. The first-order chi connectivity index (χ1) is 16.1. The summed E-state index contributed by atoms with van der Waals surface area (Å²) >= 11 is 6.15. The molecule has 0 aliphatic carbocycles. The van der Waals surface area contributed by atoms with Gasteiger partial charge in [-0.3, -0.25) is 9.59 Å². The fraction of sp³-hybridized carbons (Fsp3) is 0.231. The van der Waals surface area contributed by atoms with E-state index in [9.17, 15) is 9.59 Å². The zero-order valence-electron chi connectivity index (χ0n) is 18.1. The quantitative estimate of drug-likeness (QED) is 0.487. The van der Waals surface area contributed by atoms with Crippen molar-refractivity contribution in [3.8, 4) is 5.75 Å². The average molecular weight is 465 g/mol. The van der Waals surface area contributed by atoms with Crippen LogP contribution >= 0.6 is 11.6 Å². The number of amides is 2. The molecule has 1 aliphatic rings. The Labute approximate surface area is 197 Å². The standard InChI is InChI=1S/C26H25ClN2O4/c27-23-9-3-1-6-19(23)17-33-20-13-11-18(12-14-20)25(30)29-24-10-4-2-8-22(24)26(31)28-16-21-7-5-15-32-21/h1-4,6,8-14,21H,5,7,15-17H2,(H,28,31)(H,29,30)/t21-/m0/s1. The number of hydrogen-bond acceptors (Lipinski definition) is 4. The Morgan fingerprint density at radius 1 is 0.970 bits per heavy atom. The molecule has 1 heterocycles. The van der Waals surface area contributed by atoms with Crippen LogP contribution in [0.2, 0.25) is 5.02 Å². The van der Waals surface area contributed by atoms with Gasteiger partial charge in [-0.25, -0.2) is 0 Å². The maximum Gasteiger partial charge on any atom is 0.255 e. The van der Waals surface area contributed by atoms with Crippen molar-refractivity contribution < 1.29 is 19.1 Å². The van der Waals surface area contributed by atoms with Crippen molar-refractivity contribution >= 4 is 29.1 Å². The number of rotatable bonds is 8. The van der Waals surface area contributed by atoms with Crippen molar-refractivity contribution in [1.82, 2.24) is 5.32 Å². The minimum Gasteiger partial charge on any atom is -0.489 e. The lowest BCUT2D eigenvalue weighted by molar-refractivity contribution is 0.0858. The normalized spacial score (nSPS) is 15.1. The maximum absolute atomic E-state index is 12.8. The predicted octanol–water partition coefficient (Wildman–Crippen LogP) is 5.08. The van der Waals surface area contributed by atoms with Gasteiger partial charge >= 0.3 is 0 Å². The van der Waals surface area contributed by atoms with Crippen molar-refractivity contribution in [2.24, 2.45) is 0 Å². The molecule has 3 aromatic carbocycles. The van der Waals surface area contributed by atoms with Crippen LogP contribution in [0, 0.1) is 0 Å². The summed E-state index contributed by atoms with van der Waals surface area (Å²) < 4.78 is 11.3. The van der Waals surface area contributed by atoms with Crippen LogP contribution in [-0.2, 0) is 11.3 Å². The van der Waals surface area contributed by atoms with Crippen LogP contribution in [0.3, 0.4) is 0 Å². The lowest BCUT2D eigenvalue weighted by atomic mass is 10.1. The van der Waals surface area contributed by atoms with E-state index in [4.69, 9.17) is 21.1 Å². The van der Waals surface area contributed by atoms with Crippen molar-refractivity contribution in [2.75, 3.05) is 18.5 Å². The van der Waals surface area contributed by atoms with Crippen LogP contribution in [-0.4, -0.2) is 31.1 Å². The van der Waals surface area contributed by atoms with Gasteiger partial charge in [-0.2, -0.15) is 0 Å². The Morgan fingerprint density at radius 2 is 1.73 bits per heavy atom.